The maximum absolute atomic E-state index is 12.1. The fourth-order valence-corrected chi connectivity index (χ4v) is 3.04. The number of allylic oxidation sites excluding steroid dienone is 1. The summed E-state index contributed by atoms with van der Waals surface area (Å²) in [7, 11) is 1.78. The third kappa shape index (κ3) is 6.90. The van der Waals surface area contributed by atoms with Crippen LogP contribution in [0.3, 0.4) is 0 Å². The first kappa shape index (κ1) is 20.0. The fraction of sp³-hybridized carbons (Fsp3) is 0.524. The number of carbonyl (C=O) groups excluding carboxylic acids is 1. The highest BCUT2D eigenvalue weighted by Gasteiger charge is 2.06. The Balaban J connectivity index is 1.78. The maximum Gasteiger partial charge on any atom is 0.251 e. The lowest BCUT2D eigenvalue weighted by Gasteiger charge is -2.15. The van der Waals surface area contributed by atoms with Crippen molar-refractivity contribution in [2.45, 2.75) is 52.0 Å². The Labute approximate surface area is 157 Å². The van der Waals surface area contributed by atoms with Crippen LogP contribution in [-0.2, 0) is 6.54 Å². The third-order valence-electron chi connectivity index (χ3n) is 4.53. The van der Waals surface area contributed by atoms with E-state index in [2.05, 4.69) is 27.0 Å². The summed E-state index contributed by atoms with van der Waals surface area (Å²) in [5, 5.41) is 9.60. The van der Waals surface area contributed by atoms with Crippen LogP contribution in [0.25, 0.3) is 0 Å². The first-order valence-electron chi connectivity index (χ1n) is 9.72. The Kier molecular flexibility index (Phi) is 8.73. The molecule has 1 aliphatic carbocycles. The van der Waals surface area contributed by atoms with E-state index in [0.29, 0.717) is 18.7 Å². The zero-order valence-corrected chi connectivity index (χ0v) is 16.1. The Bertz CT molecular complexity index is 637. The van der Waals surface area contributed by atoms with Crippen molar-refractivity contribution in [2.75, 3.05) is 20.1 Å². The van der Waals surface area contributed by atoms with E-state index in [4.69, 9.17) is 0 Å². The van der Waals surface area contributed by atoms with Crippen LogP contribution in [0.1, 0.15) is 61.4 Å². The number of hydrogen-bond acceptors (Lipinski definition) is 2. The highest BCUT2D eigenvalue weighted by Crippen LogP contribution is 2.19. The van der Waals surface area contributed by atoms with Crippen LogP contribution in [0.5, 0.6) is 0 Å². The molecule has 0 bridgehead atoms. The molecule has 0 aromatic heterocycles. The van der Waals surface area contributed by atoms with E-state index in [0.717, 1.165) is 30.9 Å². The maximum atomic E-state index is 12.1. The number of aliphatic imine (C=N–C) groups is 1. The monoisotopic (exact) mass is 356 g/mol. The zero-order chi connectivity index (χ0) is 18.6. The third-order valence-corrected chi connectivity index (χ3v) is 4.53. The summed E-state index contributed by atoms with van der Waals surface area (Å²) in [6, 6.07) is 7.71. The Morgan fingerprint density at radius 1 is 1.15 bits per heavy atom. The van der Waals surface area contributed by atoms with Crippen LogP contribution in [0.15, 0.2) is 40.9 Å². The van der Waals surface area contributed by atoms with Crippen molar-refractivity contribution in [3.63, 3.8) is 0 Å². The van der Waals surface area contributed by atoms with Crippen molar-refractivity contribution in [2.24, 2.45) is 4.99 Å². The summed E-state index contributed by atoms with van der Waals surface area (Å²) in [5.74, 6) is 0.777. The number of nitrogens with zero attached hydrogens (tertiary/aromatic N) is 1. The lowest BCUT2D eigenvalue weighted by molar-refractivity contribution is 0.0953. The van der Waals surface area contributed by atoms with Crippen molar-refractivity contribution in [1.82, 2.24) is 16.0 Å². The van der Waals surface area contributed by atoms with E-state index in [1.165, 1.54) is 25.7 Å². The topological polar surface area (TPSA) is 65.5 Å². The molecule has 0 radical (unpaired) electrons. The summed E-state index contributed by atoms with van der Waals surface area (Å²) in [5.41, 5.74) is 3.32. The molecular weight excluding hydrogens is 324 g/mol. The van der Waals surface area contributed by atoms with Gasteiger partial charge in [0.15, 0.2) is 5.96 Å². The average Bonchev–Trinajstić information content (AvgIpc) is 2.69. The number of guanidine groups is 1. The minimum Gasteiger partial charge on any atom is -0.356 e. The minimum absolute atomic E-state index is 0.0167. The normalized spacial score (nSPS) is 14.5. The molecule has 1 amide bonds. The predicted octanol–water partition coefficient (Wildman–Crippen LogP) is 3.38. The van der Waals surface area contributed by atoms with Gasteiger partial charge in [-0.1, -0.05) is 30.7 Å². The molecule has 0 spiro atoms. The summed E-state index contributed by atoms with van der Waals surface area (Å²) in [4.78, 5) is 16.3. The van der Waals surface area contributed by atoms with Crippen molar-refractivity contribution < 1.29 is 4.79 Å². The average molecular weight is 357 g/mol. The molecule has 0 unspecified atom stereocenters. The lowest BCUT2D eigenvalue weighted by atomic mass is 9.97. The summed E-state index contributed by atoms with van der Waals surface area (Å²) in [6.45, 7) is 4.28. The minimum atomic E-state index is -0.0167. The summed E-state index contributed by atoms with van der Waals surface area (Å²) >= 11 is 0. The van der Waals surface area contributed by atoms with Crippen LogP contribution in [0.4, 0.5) is 0 Å². The van der Waals surface area contributed by atoms with Gasteiger partial charge in [0.05, 0.1) is 0 Å². The van der Waals surface area contributed by atoms with Crippen LogP contribution >= 0.6 is 0 Å². The molecule has 142 valence electrons. The van der Waals surface area contributed by atoms with Crippen molar-refractivity contribution in [3.8, 4) is 0 Å². The number of amides is 1. The predicted molar refractivity (Wildman–Crippen MR) is 108 cm³/mol. The van der Waals surface area contributed by atoms with Gasteiger partial charge in [-0.15, -0.1) is 0 Å². The Morgan fingerprint density at radius 3 is 2.77 bits per heavy atom. The molecule has 0 aliphatic heterocycles. The molecule has 26 heavy (non-hydrogen) atoms. The number of hydrogen-bond donors (Lipinski definition) is 3. The van der Waals surface area contributed by atoms with E-state index < -0.39 is 0 Å². The largest absolute Gasteiger partial charge is 0.356 e. The summed E-state index contributed by atoms with van der Waals surface area (Å²) < 4.78 is 0. The molecule has 1 aromatic rings. The van der Waals surface area contributed by atoms with E-state index >= 15 is 0 Å². The number of benzene rings is 1. The van der Waals surface area contributed by atoms with Gasteiger partial charge in [0, 0.05) is 32.2 Å². The van der Waals surface area contributed by atoms with E-state index in [-0.39, 0.29) is 5.91 Å². The van der Waals surface area contributed by atoms with Gasteiger partial charge in [0.2, 0.25) is 0 Å². The van der Waals surface area contributed by atoms with Gasteiger partial charge >= 0.3 is 0 Å². The second-order valence-electron chi connectivity index (χ2n) is 6.67. The molecule has 3 N–H and O–H groups in total. The second-order valence-corrected chi connectivity index (χ2v) is 6.67. The van der Waals surface area contributed by atoms with Crippen LogP contribution in [0.2, 0.25) is 0 Å². The summed E-state index contributed by atoms with van der Waals surface area (Å²) in [6.07, 6.45) is 9.51. The Morgan fingerprint density at radius 2 is 2.04 bits per heavy atom. The zero-order valence-electron chi connectivity index (χ0n) is 16.1. The SMILES string of the molecule is CCCNC(=O)c1cccc(CNC(=NC)NCCC2=CCCCC2)c1. The molecule has 2 rings (SSSR count). The number of nitrogens with one attached hydrogen (secondary N) is 3. The molecule has 0 fully saturated rings. The van der Waals surface area contributed by atoms with Crippen LogP contribution < -0.4 is 16.0 Å². The molecule has 0 saturated heterocycles. The van der Waals surface area contributed by atoms with Crippen molar-refractivity contribution in [3.05, 3.63) is 47.0 Å². The van der Waals surface area contributed by atoms with E-state index in [1.807, 2.05) is 31.2 Å². The molecular formula is C21H32N4O. The van der Waals surface area contributed by atoms with Gasteiger partial charge < -0.3 is 16.0 Å². The number of rotatable bonds is 8. The second kappa shape index (κ2) is 11.3. The van der Waals surface area contributed by atoms with Gasteiger partial charge in [-0.05, 0) is 56.2 Å². The quantitative estimate of drug-likeness (QED) is 0.380. The molecule has 1 aromatic carbocycles. The first-order valence-corrected chi connectivity index (χ1v) is 9.72. The van der Waals surface area contributed by atoms with E-state index in [9.17, 15) is 4.79 Å². The highest BCUT2D eigenvalue weighted by molar-refractivity contribution is 5.94. The fourth-order valence-electron chi connectivity index (χ4n) is 3.04. The molecule has 0 heterocycles. The van der Waals surface area contributed by atoms with Gasteiger partial charge in [-0.2, -0.15) is 0 Å². The molecule has 0 saturated carbocycles. The molecule has 1 aliphatic rings. The van der Waals surface area contributed by atoms with Crippen molar-refractivity contribution >= 4 is 11.9 Å². The van der Waals surface area contributed by atoms with Gasteiger partial charge in [-0.25, -0.2) is 0 Å². The first-order chi connectivity index (χ1) is 12.7. The highest BCUT2D eigenvalue weighted by atomic mass is 16.1. The standard InChI is InChI=1S/C21H32N4O/c1-3-13-23-20(26)19-11-7-10-18(15-19)16-25-21(22-2)24-14-12-17-8-5-4-6-9-17/h7-8,10-11,15H,3-6,9,12-14,16H2,1-2H3,(H,23,26)(H2,22,24,25). The molecule has 5 heteroatoms. The van der Waals surface area contributed by atoms with Crippen molar-refractivity contribution in [1.29, 1.82) is 0 Å². The molecule has 0 atom stereocenters. The molecule has 5 nitrogen and oxygen atoms in total. The van der Waals surface area contributed by atoms with Gasteiger partial charge in [0.1, 0.15) is 0 Å². The van der Waals surface area contributed by atoms with Gasteiger partial charge in [0.25, 0.3) is 5.91 Å². The van der Waals surface area contributed by atoms with E-state index in [1.54, 1.807) is 12.6 Å². The lowest BCUT2D eigenvalue weighted by Crippen LogP contribution is -2.37. The Hall–Kier alpha value is -2.30. The van der Waals surface area contributed by atoms with Crippen LogP contribution in [-0.4, -0.2) is 32.0 Å². The number of carbonyl (C=O) groups is 1. The van der Waals surface area contributed by atoms with Gasteiger partial charge in [-0.3, -0.25) is 9.79 Å². The van der Waals surface area contributed by atoms with Crippen LogP contribution in [0, 0.1) is 0 Å². The smallest absolute Gasteiger partial charge is 0.251 e.